The molecule has 2 aromatic carbocycles. The first-order valence-electron chi connectivity index (χ1n) is 10.7. The predicted molar refractivity (Wildman–Crippen MR) is 127 cm³/mol. The van der Waals surface area contributed by atoms with Crippen LogP contribution in [0.1, 0.15) is 23.2 Å². The molecule has 0 spiro atoms. The fourth-order valence-electron chi connectivity index (χ4n) is 3.57. The van der Waals surface area contributed by atoms with Crippen molar-refractivity contribution in [2.24, 2.45) is 0 Å². The van der Waals surface area contributed by atoms with Gasteiger partial charge in [0.25, 0.3) is 5.91 Å². The van der Waals surface area contributed by atoms with Crippen molar-refractivity contribution < 1.29 is 32.2 Å². The van der Waals surface area contributed by atoms with Crippen molar-refractivity contribution in [1.82, 2.24) is 4.31 Å². The van der Waals surface area contributed by atoms with Crippen molar-refractivity contribution >= 4 is 33.3 Å². The molecule has 0 aliphatic carbocycles. The van der Waals surface area contributed by atoms with E-state index < -0.39 is 28.5 Å². The van der Waals surface area contributed by atoms with Crippen LogP contribution in [0, 0.1) is 0 Å². The number of hydrogen-bond donors (Lipinski definition) is 1. The van der Waals surface area contributed by atoms with Crippen LogP contribution in [0.25, 0.3) is 0 Å². The quantitative estimate of drug-likeness (QED) is 0.532. The summed E-state index contributed by atoms with van der Waals surface area (Å²) in [5.41, 5.74) is 1.09. The predicted octanol–water partition coefficient (Wildman–Crippen LogP) is 2.35. The van der Waals surface area contributed by atoms with Gasteiger partial charge >= 0.3 is 5.97 Å². The van der Waals surface area contributed by atoms with Crippen molar-refractivity contribution in [3.63, 3.8) is 0 Å². The maximum absolute atomic E-state index is 13.0. The number of esters is 1. The summed E-state index contributed by atoms with van der Waals surface area (Å²) in [6.45, 7) is 0.943. The van der Waals surface area contributed by atoms with E-state index in [1.165, 1.54) is 40.4 Å². The Bertz CT molecular complexity index is 1140. The van der Waals surface area contributed by atoms with E-state index in [4.69, 9.17) is 14.2 Å². The smallest absolute Gasteiger partial charge is 0.340 e. The number of methoxy groups -OCH3 is 2. The summed E-state index contributed by atoms with van der Waals surface area (Å²) < 4.78 is 41.9. The van der Waals surface area contributed by atoms with Crippen molar-refractivity contribution in [2.45, 2.75) is 17.7 Å². The second-order valence-corrected chi connectivity index (χ2v) is 10.0. The van der Waals surface area contributed by atoms with Gasteiger partial charge in [0.1, 0.15) is 11.5 Å². The summed E-state index contributed by atoms with van der Waals surface area (Å²) in [5.74, 6) is -0.374. The van der Waals surface area contributed by atoms with Crippen LogP contribution in [0.15, 0.2) is 41.3 Å². The Morgan fingerprint density at radius 2 is 1.62 bits per heavy atom. The number of carbonyl (C=O) groups is 2. The van der Waals surface area contributed by atoms with E-state index in [-0.39, 0.29) is 10.5 Å². The highest BCUT2D eigenvalue weighted by molar-refractivity contribution is 7.89. The summed E-state index contributed by atoms with van der Waals surface area (Å²) in [7, 11) is 2.06. The van der Waals surface area contributed by atoms with Gasteiger partial charge in [-0.15, -0.1) is 0 Å². The fourth-order valence-corrected chi connectivity index (χ4v) is 4.50. The number of nitrogens with one attached hydrogen (secondary N) is 1. The van der Waals surface area contributed by atoms with Crippen LogP contribution in [0.2, 0.25) is 0 Å². The topological polar surface area (TPSA) is 114 Å². The van der Waals surface area contributed by atoms with Gasteiger partial charge in [0.15, 0.2) is 6.61 Å². The van der Waals surface area contributed by atoms with E-state index in [1.807, 2.05) is 4.90 Å². The highest BCUT2D eigenvalue weighted by Crippen LogP contribution is 2.29. The van der Waals surface area contributed by atoms with Gasteiger partial charge in [-0.1, -0.05) is 0 Å². The van der Waals surface area contributed by atoms with Crippen LogP contribution >= 0.6 is 0 Å². The molecule has 2 aromatic rings. The van der Waals surface area contributed by atoms with Crippen molar-refractivity contribution in [1.29, 1.82) is 0 Å². The molecule has 11 heteroatoms. The Hall–Kier alpha value is -3.31. The molecular formula is C23H29N3O7S. The molecule has 0 saturated carbocycles. The third-order valence-corrected chi connectivity index (χ3v) is 7.19. The molecule has 3 rings (SSSR count). The van der Waals surface area contributed by atoms with Crippen molar-refractivity contribution in [2.75, 3.05) is 58.2 Å². The first-order valence-corrected chi connectivity index (χ1v) is 12.1. The summed E-state index contributed by atoms with van der Waals surface area (Å²) in [6.07, 6.45) is 1.94. The van der Waals surface area contributed by atoms with Gasteiger partial charge in [-0.2, -0.15) is 0 Å². The van der Waals surface area contributed by atoms with Crippen molar-refractivity contribution in [3.8, 4) is 11.5 Å². The lowest BCUT2D eigenvalue weighted by atomic mass is 10.1. The number of amides is 1. The van der Waals surface area contributed by atoms with Crippen molar-refractivity contribution in [3.05, 3.63) is 42.0 Å². The largest absolute Gasteiger partial charge is 0.497 e. The lowest BCUT2D eigenvalue weighted by Gasteiger charge is -2.22. The number of sulfonamides is 1. The van der Waals surface area contributed by atoms with Crippen LogP contribution in [-0.4, -0.2) is 72.6 Å². The molecule has 1 saturated heterocycles. The van der Waals surface area contributed by atoms with Crippen LogP contribution in [0.4, 0.5) is 11.4 Å². The molecule has 1 aliphatic rings. The highest BCUT2D eigenvalue weighted by atomic mass is 32.2. The van der Waals surface area contributed by atoms with Gasteiger partial charge in [-0.05, 0) is 31.0 Å². The van der Waals surface area contributed by atoms with E-state index >= 15 is 0 Å². The summed E-state index contributed by atoms with van der Waals surface area (Å²) in [4.78, 5) is 27.4. The van der Waals surface area contributed by atoms with Crippen LogP contribution in [0.5, 0.6) is 11.5 Å². The molecule has 1 fully saturated rings. The zero-order valence-corrected chi connectivity index (χ0v) is 20.5. The van der Waals surface area contributed by atoms with Crippen LogP contribution < -0.4 is 19.7 Å². The maximum atomic E-state index is 13.0. The van der Waals surface area contributed by atoms with Gasteiger partial charge in [0, 0.05) is 51.1 Å². The first-order chi connectivity index (χ1) is 16.1. The minimum atomic E-state index is -3.75. The normalized spacial score (nSPS) is 13.6. The zero-order chi connectivity index (χ0) is 24.9. The molecule has 1 amide bonds. The van der Waals surface area contributed by atoms with Gasteiger partial charge < -0.3 is 24.4 Å². The Balaban J connectivity index is 1.78. The number of anilines is 2. The van der Waals surface area contributed by atoms with E-state index in [9.17, 15) is 18.0 Å². The molecule has 1 aliphatic heterocycles. The second kappa shape index (κ2) is 10.7. The Morgan fingerprint density at radius 3 is 2.18 bits per heavy atom. The molecular weight excluding hydrogens is 462 g/mol. The zero-order valence-electron chi connectivity index (χ0n) is 19.7. The SMILES string of the molecule is COc1cc(NC(=O)COC(=O)c2cc(S(=O)(=O)N(C)C)ccc2N2CCCC2)cc(OC)c1. The maximum Gasteiger partial charge on any atom is 0.340 e. The van der Waals surface area contributed by atoms with Gasteiger partial charge in [-0.25, -0.2) is 17.5 Å². The average Bonchev–Trinajstić information content (AvgIpc) is 3.36. The molecule has 0 atom stereocenters. The number of hydrogen-bond acceptors (Lipinski definition) is 8. The Labute approximate surface area is 199 Å². The number of rotatable bonds is 9. The minimum absolute atomic E-state index is 0.0275. The Morgan fingerprint density at radius 1 is 1.00 bits per heavy atom. The summed E-state index contributed by atoms with van der Waals surface area (Å²) in [6, 6.07) is 9.25. The lowest BCUT2D eigenvalue weighted by Crippen LogP contribution is -2.26. The van der Waals surface area contributed by atoms with Gasteiger partial charge in [0.2, 0.25) is 10.0 Å². The average molecular weight is 492 g/mol. The number of nitrogens with zero attached hydrogens (tertiary/aromatic N) is 2. The fraction of sp³-hybridized carbons (Fsp3) is 0.391. The monoisotopic (exact) mass is 491 g/mol. The molecule has 1 heterocycles. The second-order valence-electron chi connectivity index (χ2n) is 7.89. The van der Waals surface area contributed by atoms with Gasteiger partial charge in [-0.3, -0.25) is 4.79 Å². The third-order valence-electron chi connectivity index (χ3n) is 5.38. The molecule has 34 heavy (non-hydrogen) atoms. The van der Waals surface area contributed by atoms with E-state index in [1.54, 1.807) is 24.3 Å². The lowest BCUT2D eigenvalue weighted by molar-refractivity contribution is -0.119. The molecule has 0 radical (unpaired) electrons. The molecule has 184 valence electrons. The van der Waals surface area contributed by atoms with E-state index in [0.29, 0.717) is 22.9 Å². The first kappa shape index (κ1) is 25.3. The van der Waals surface area contributed by atoms with E-state index in [0.717, 1.165) is 30.2 Å². The molecule has 0 aromatic heterocycles. The van der Waals surface area contributed by atoms with E-state index in [2.05, 4.69) is 5.32 Å². The number of ether oxygens (including phenoxy) is 3. The van der Waals surface area contributed by atoms with Crippen LogP contribution in [0.3, 0.4) is 0 Å². The third kappa shape index (κ3) is 5.78. The van der Waals surface area contributed by atoms with Gasteiger partial charge in [0.05, 0.1) is 30.4 Å². The highest BCUT2D eigenvalue weighted by Gasteiger charge is 2.25. The number of benzene rings is 2. The van der Waals surface area contributed by atoms with Crippen LogP contribution in [-0.2, 0) is 19.6 Å². The molecule has 0 unspecified atom stereocenters. The molecule has 10 nitrogen and oxygen atoms in total. The number of carbonyl (C=O) groups excluding carboxylic acids is 2. The Kier molecular flexibility index (Phi) is 8.00. The molecule has 1 N–H and O–H groups in total. The molecule has 0 bridgehead atoms. The minimum Gasteiger partial charge on any atom is -0.497 e. The standard InChI is InChI=1S/C23H29N3O7S/c1-25(2)34(29,30)19-7-8-21(26-9-5-6-10-26)20(14-19)23(28)33-15-22(27)24-16-11-17(31-3)13-18(12-16)32-4/h7-8,11-14H,5-6,9-10,15H2,1-4H3,(H,24,27). The summed E-state index contributed by atoms with van der Waals surface area (Å²) >= 11 is 0. The summed E-state index contributed by atoms with van der Waals surface area (Å²) in [5, 5.41) is 2.63.